The van der Waals surface area contributed by atoms with Crippen LogP contribution in [0.15, 0.2) is 45.1 Å². The van der Waals surface area contributed by atoms with Crippen LogP contribution in [-0.4, -0.2) is 14.9 Å². The van der Waals surface area contributed by atoms with E-state index in [2.05, 4.69) is 5.32 Å². The van der Waals surface area contributed by atoms with Gasteiger partial charge in [-0.15, -0.1) is 0 Å². The number of carbonyl (C=O) groups is 1. The van der Waals surface area contributed by atoms with Gasteiger partial charge in [0.05, 0.1) is 11.5 Å². The number of nitrogens with zero attached hydrogens (tertiary/aromatic N) is 2. The van der Waals surface area contributed by atoms with Crippen LogP contribution in [0.2, 0.25) is 0 Å². The molecule has 2 aromatic rings. The molecule has 1 aromatic heterocycles. The fourth-order valence-electron chi connectivity index (χ4n) is 3.92. The van der Waals surface area contributed by atoms with Crippen molar-refractivity contribution >= 4 is 11.6 Å². The molecular formula is C19H18FN3O3. The quantitative estimate of drug-likeness (QED) is 0.846. The fourth-order valence-corrected chi connectivity index (χ4v) is 3.92. The van der Waals surface area contributed by atoms with Crippen molar-refractivity contribution in [2.45, 2.75) is 25.2 Å². The minimum atomic E-state index is -0.819. The van der Waals surface area contributed by atoms with Crippen LogP contribution in [0.1, 0.15) is 36.3 Å². The van der Waals surface area contributed by atoms with E-state index in [0.29, 0.717) is 36.4 Å². The predicted octanol–water partition coefficient (Wildman–Crippen LogP) is 1.79. The van der Waals surface area contributed by atoms with Gasteiger partial charge in [-0.2, -0.15) is 0 Å². The first-order chi connectivity index (χ1) is 12.4. The smallest absolute Gasteiger partial charge is 0.332 e. The minimum absolute atomic E-state index is 0.0893. The highest BCUT2D eigenvalue weighted by Gasteiger charge is 2.39. The molecule has 1 aromatic carbocycles. The van der Waals surface area contributed by atoms with Crippen LogP contribution < -0.4 is 16.6 Å². The molecule has 1 atom stereocenters. The summed E-state index contributed by atoms with van der Waals surface area (Å²) in [5, 5.41) is 3.11. The SMILES string of the molecule is Cn1c2c(c(=O)n(C)c1=O)[C@H](c1ccccc1F)C1=C(CCCC1=O)N2. The monoisotopic (exact) mass is 355 g/mol. The van der Waals surface area contributed by atoms with Gasteiger partial charge in [0.1, 0.15) is 11.6 Å². The van der Waals surface area contributed by atoms with E-state index in [-0.39, 0.29) is 16.9 Å². The van der Waals surface area contributed by atoms with E-state index in [1.54, 1.807) is 25.2 Å². The summed E-state index contributed by atoms with van der Waals surface area (Å²) in [5.41, 5.74) is 0.616. The first-order valence-corrected chi connectivity index (χ1v) is 8.49. The Labute approximate surface area is 148 Å². The lowest BCUT2D eigenvalue weighted by Gasteiger charge is -2.34. The van der Waals surface area contributed by atoms with Crippen LogP contribution in [-0.2, 0) is 18.9 Å². The van der Waals surface area contributed by atoms with Gasteiger partial charge in [-0.3, -0.25) is 18.7 Å². The molecule has 1 aliphatic carbocycles. The summed E-state index contributed by atoms with van der Waals surface area (Å²) in [5.74, 6) is -1.06. The average molecular weight is 355 g/mol. The summed E-state index contributed by atoms with van der Waals surface area (Å²) < 4.78 is 17.0. The van der Waals surface area contributed by atoms with Gasteiger partial charge in [-0.05, 0) is 18.9 Å². The van der Waals surface area contributed by atoms with Crippen molar-refractivity contribution in [1.82, 2.24) is 9.13 Å². The van der Waals surface area contributed by atoms with E-state index < -0.39 is 23.0 Å². The van der Waals surface area contributed by atoms with E-state index in [1.165, 1.54) is 17.7 Å². The van der Waals surface area contributed by atoms with Crippen molar-refractivity contribution in [1.29, 1.82) is 0 Å². The highest BCUT2D eigenvalue weighted by Crippen LogP contribution is 2.43. The summed E-state index contributed by atoms with van der Waals surface area (Å²) in [6.45, 7) is 0. The summed E-state index contributed by atoms with van der Waals surface area (Å²) >= 11 is 0. The molecule has 0 fully saturated rings. The third-order valence-electron chi connectivity index (χ3n) is 5.22. The maximum atomic E-state index is 14.6. The number of aromatic nitrogens is 2. The molecule has 1 N–H and O–H groups in total. The molecule has 2 heterocycles. The maximum absolute atomic E-state index is 14.6. The van der Waals surface area contributed by atoms with Crippen molar-refractivity contribution in [3.63, 3.8) is 0 Å². The normalized spacial score (nSPS) is 19.0. The van der Waals surface area contributed by atoms with Crippen molar-refractivity contribution in [2.75, 3.05) is 5.32 Å². The summed E-state index contributed by atoms with van der Waals surface area (Å²) in [4.78, 5) is 37.9. The molecule has 0 spiro atoms. The standard InChI is InChI=1S/C19H18FN3O3/c1-22-17-16(18(25)23(2)19(22)26)14(10-6-3-4-7-11(10)20)15-12(21-17)8-5-9-13(15)24/h3-4,6-7,14,21H,5,8-9H2,1-2H3/t14-/m1/s1. The van der Waals surface area contributed by atoms with E-state index in [4.69, 9.17) is 0 Å². The number of allylic oxidation sites excluding steroid dienone is 2. The zero-order valence-corrected chi connectivity index (χ0v) is 14.5. The molecule has 4 rings (SSSR count). The Morgan fingerprint density at radius 1 is 1.08 bits per heavy atom. The number of carbonyl (C=O) groups excluding carboxylic acids is 1. The number of rotatable bonds is 1. The van der Waals surface area contributed by atoms with Gasteiger partial charge in [0.25, 0.3) is 5.56 Å². The van der Waals surface area contributed by atoms with E-state index in [0.717, 1.165) is 4.57 Å². The van der Waals surface area contributed by atoms with E-state index in [1.807, 2.05) is 0 Å². The molecular weight excluding hydrogens is 337 g/mol. The first-order valence-electron chi connectivity index (χ1n) is 8.49. The van der Waals surface area contributed by atoms with E-state index >= 15 is 0 Å². The number of hydrogen-bond donors (Lipinski definition) is 1. The molecule has 134 valence electrons. The van der Waals surface area contributed by atoms with Crippen molar-refractivity contribution < 1.29 is 9.18 Å². The second kappa shape index (κ2) is 5.79. The number of anilines is 1. The Hall–Kier alpha value is -2.96. The topological polar surface area (TPSA) is 73.1 Å². The molecule has 6 nitrogen and oxygen atoms in total. The number of halogens is 1. The van der Waals surface area contributed by atoms with Crippen molar-refractivity contribution in [3.8, 4) is 0 Å². The Balaban J connectivity index is 2.12. The van der Waals surface area contributed by atoms with Gasteiger partial charge in [0.15, 0.2) is 5.78 Å². The third kappa shape index (κ3) is 2.20. The number of ketones is 1. The Morgan fingerprint density at radius 3 is 2.54 bits per heavy atom. The lowest BCUT2D eigenvalue weighted by molar-refractivity contribution is -0.116. The van der Waals surface area contributed by atoms with E-state index in [9.17, 15) is 18.8 Å². The molecule has 0 unspecified atom stereocenters. The second-order valence-corrected chi connectivity index (χ2v) is 6.72. The van der Waals surface area contributed by atoms with Crippen LogP contribution in [0.4, 0.5) is 10.2 Å². The van der Waals surface area contributed by atoms with Crippen molar-refractivity contribution in [3.05, 3.63) is 73.3 Å². The number of Topliss-reactive ketones (excluding diaryl/α,β-unsaturated/α-hetero) is 1. The molecule has 1 aliphatic heterocycles. The Bertz CT molecular complexity index is 1090. The molecule has 2 aliphatic rings. The molecule has 0 saturated heterocycles. The lowest BCUT2D eigenvalue weighted by atomic mass is 9.76. The molecule has 26 heavy (non-hydrogen) atoms. The summed E-state index contributed by atoms with van der Waals surface area (Å²) in [6, 6.07) is 6.15. The lowest BCUT2D eigenvalue weighted by Crippen LogP contribution is -2.44. The van der Waals surface area contributed by atoms with Crippen LogP contribution in [0.5, 0.6) is 0 Å². The largest absolute Gasteiger partial charge is 0.344 e. The van der Waals surface area contributed by atoms with Gasteiger partial charge in [-0.1, -0.05) is 18.2 Å². The first kappa shape index (κ1) is 16.5. The summed E-state index contributed by atoms with van der Waals surface area (Å²) in [6.07, 6.45) is 1.67. The van der Waals surface area contributed by atoms with Crippen LogP contribution in [0.3, 0.4) is 0 Å². The highest BCUT2D eigenvalue weighted by molar-refractivity contribution is 6.00. The molecule has 0 saturated carbocycles. The fraction of sp³-hybridized carbons (Fsp3) is 0.316. The van der Waals surface area contributed by atoms with Gasteiger partial charge in [-0.25, -0.2) is 9.18 Å². The second-order valence-electron chi connectivity index (χ2n) is 6.72. The van der Waals surface area contributed by atoms with Crippen LogP contribution in [0.25, 0.3) is 0 Å². The van der Waals surface area contributed by atoms with Gasteiger partial charge >= 0.3 is 5.69 Å². The summed E-state index contributed by atoms with van der Waals surface area (Å²) in [7, 11) is 2.94. The number of hydrogen-bond acceptors (Lipinski definition) is 4. The van der Waals surface area contributed by atoms with Crippen LogP contribution >= 0.6 is 0 Å². The number of benzene rings is 1. The zero-order chi connectivity index (χ0) is 18.6. The number of fused-ring (bicyclic) bond motifs is 1. The Morgan fingerprint density at radius 2 is 1.81 bits per heavy atom. The molecule has 0 bridgehead atoms. The van der Waals surface area contributed by atoms with Crippen molar-refractivity contribution in [2.24, 2.45) is 14.1 Å². The highest BCUT2D eigenvalue weighted by atomic mass is 19.1. The molecule has 7 heteroatoms. The Kier molecular flexibility index (Phi) is 3.68. The zero-order valence-electron chi connectivity index (χ0n) is 14.5. The van der Waals surface area contributed by atoms with Crippen LogP contribution in [0, 0.1) is 5.82 Å². The molecule has 0 amide bonds. The van der Waals surface area contributed by atoms with Gasteiger partial charge in [0, 0.05) is 37.3 Å². The minimum Gasteiger partial charge on any atom is -0.344 e. The maximum Gasteiger partial charge on any atom is 0.332 e. The van der Waals surface area contributed by atoms with Gasteiger partial charge < -0.3 is 5.32 Å². The molecule has 0 radical (unpaired) electrons. The predicted molar refractivity (Wildman–Crippen MR) is 94.7 cm³/mol. The average Bonchev–Trinajstić information content (AvgIpc) is 2.64. The third-order valence-corrected chi connectivity index (χ3v) is 5.22. The number of nitrogens with one attached hydrogen (secondary N) is 1. The van der Waals surface area contributed by atoms with Gasteiger partial charge in [0.2, 0.25) is 0 Å².